The molecule has 2 nitrogen and oxygen atoms in total. The Morgan fingerprint density at radius 3 is 2.93 bits per heavy atom. The van der Waals surface area contributed by atoms with Gasteiger partial charge in [-0.2, -0.15) is 0 Å². The van der Waals surface area contributed by atoms with E-state index >= 15 is 0 Å². The summed E-state index contributed by atoms with van der Waals surface area (Å²) >= 11 is 1.75. The number of hydrogen-bond donors (Lipinski definition) is 0. The highest BCUT2D eigenvalue weighted by atomic mass is 32.1. The van der Waals surface area contributed by atoms with Crippen LogP contribution in [0.2, 0.25) is 0 Å². The van der Waals surface area contributed by atoms with Crippen LogP contribution in [0, 0.1) is 0 Å². The lowest BCUT2D eigenvalue weighted by atomic mass is 10.0. The fraction of sp³-hybridized carbons (Fsp3) is 0.417. The van der Waals surface area contributed by atoms with E-state index in [1.165, 1.54) is 10.3 Å². The van der Waals surface area contributed by atoms with Crippen LogP contribution >= 0.6 is 11.3 Å². The molecule has 2 aromatic heterocycles. The van der Waals surface area contributed by atoms with Crippen molar-refractivity contribution in [3.63, 3.8) is 0 Å². The van der Waals surface area contributed by atoms with Gasteiger partial charge < -0.3 is 4.74 Å². The molecule has 0 aliphatic heterocycles. The minimum absolute atomic E-state index is 0.508. The summed E-state index contributed by atoms with van der Waals surface area (Å²) in [7, 11) is 0. The van der Waals surface area contributed by atoms with Gasteiger partial charge in [-0.1, -0.05) is 13.8 Å². The molecule has 2 aromatic rings. The Bertz CT molecular complexity index is 462. The summed E-state index contributed by atoms with van der Waals surface area (Å²) in [6.07, 6.45) is 0. The Balaban J connectivity index is 2.58. The second-order valence-electron chi connectivity index (χ2n) is 3.77. The molecule has 0 aliphatic rings. The molecule has 0 unspecified atom stereocenters. The molecule has 0 amide bonds. The van der Waals surface area contributed by atoms with Gasteiger partial charge >= 0.3 is 0 Å². The molecule has 15 heavy (non-hydrogen) atoms. The summed E-state index contributed by atoms with van der Waals surface area (Å²) in [5.74, 6) is 1.25. The SMILES string of the molecule is CCOc1cc(C(C)C)c2sccc2n1. The van der Waals surface area contributed by atoms with E-state index in [0.717, 1.165) is 11.4 Å². The lowest BCUT2D eigenvalue weighted by molar-refractivity contribution is 0.327. The van der Waals surface area contributed by atoms with Gasteiger partial charge in [-0.3, -0.25) is 0 Å². The minimum atomic E-state index is 0.508. The van der Waals surface area contributed by atoms with E-state index in [1.807, 2.05) is 6.92 Å². The molecule has 2 rings (SSSR count). The molecular weight excluding hydrogens is 206 g/mol. The van der Waals surface area contributed by atoms with Crippen molar-refractivity contribution in [3.05, 3.63) is 23.1 Å². The standard InChI is InChI=1S/C12H15NOS/c1-4-14-11-7-9(8(2)3)12-10(13-11)5-6-15-12/h5-8H,4H2,1-3H3. The number of pyridine rings is 1. The van der Waals surface area contributed by atoms with Crippen molar-refractivity contribution in [3.8, 4) is 5.88 Å². The zero-order valence-electron chi connectivity index (χ0n) is 9.28. The van der Waals surface area contributed by atoms with Crippen molar-refractivity contribution < 1.29 is 4.74 Å². The summed E-state index contributed by atoms with van der Waals surface area (Å²) in [6, 6.07) is 4.11. The molecule has 3 heteroatoms. The fourth-order valence-corrected chi connectivity index (χ4v) is 2.60. The molecule has 0 saturated carbocycles. The zero-order valence-corrected chi connectivity index (χ0v) is 10.1. The molecule has 80 valence electrons. The van der Waals surface area contributed by atoms with E-state index in [0.29, 0.717) is 12.5 Å². The predicted octanol–water partition coefficient (Wildman–Crippen LogP) is 3.82. The van der Waals surface area contributed by atoms with Gasteiger partial charge in [0.05, 0.1) is 16.8 Å². The molecule has 2 heterocycles. The Labute approximate surface area is 93.9 Å². The first-order chi connectivity index (χ1) is 7.22. The molecule has 0 N–H and O–H groups in total. The molecule has 0 saturated heterocycles. The lowest BCUT2D eigenvalue weighted by Crippen LogP contribution is -1.97. The molecule has 0 atom stereocenters. The van der Waals surface area contributed by atoms with Crippen LogP contribution in [0.4, 0.5) is 0 Å². The van der Waals surface area contributed by atoms with Gasteiger partial charge in [-0.25, -0.2) is 4.98 Å². The van der Waals surface area contributed by atoms with Gasteiger partial charge in [0.25, 0.3) is 0 Å². The Morgan fingerprint density at radius 2 is 2.27 bits per heavy atom. The van der Waals surface area contributed by atoms with Crippen LogP contribution in [0.5, 0.6) is 5.88 Å². The number of ether oxygens (including phenoxy) is 1. The molecule has 0 aromatic carbocycles. The summed E-state index contributed by atoms with van der Waals surface area (Å²) in [6.45, 7) is 7.04. The van der Waals surface area contributed by atoms with E-state index in [4.69, 9.17) is 4.74 Å². The van der Waals surface area contributed by atoms with Gasteiger partial charge in [0.2, 0.25) is 5.88 Å². The smallest absolute Gasteiger partial charge is 0.214 e. The maximum absolute atomic E-state index is 5.47. The van der Waals surface area contributed by atoms with E-state index in [9.17, 15) is 0 Å². The first-order valence-corrected chi connectivity index (χ1v) is 6.11. The van der Waals surface area contributed by atoms with Crippen molar-refractivity contribution in [2.45, 2.75) is 26.7 Å². The van der Waals surface area contributed by atoms with Crippen molar-refractivity contribution in [2.24, 2.45) is 0 Å². The van der Waals surface area contributed by atoms with Crippen molar-refractivity contribution in [1.29, 1.82) is 0 Å². The van der Waals surface area contributed by atoms with Gasteiger partial charge in [-0.15, -0.1) is 11.3 Å². The summed E-state index contributed by atoms with van der Waals surface area (Å²) in [5.41, 5.74) is 2.38. The van der Waals surface area contributed by atoms with Crippen molar-refractivity contribution >= 4 is 21.6 Å². The van der Waals surface area contributed by atoms with Crippen LogP contribution in [0.25, 0.3) is 10.2 Å². The van der Waals surface area contributed by atoms with Crippen molar-refractivity contribution in [1.82, 2.24) is 4.98 Å². The van der Waals surface area contributed by atoms with E-state index in [-0.39, 0.29) is 0 Å². The number of aromatic nitrogens is 1. The summed E-state index contributed by atoms with van der Waals surface area (Å²) in [5, 5.41) is 2.08. The zero-order chi connectivity index (χ0) is 10.8. The highest BCUT2D eigenvalue weighted by Gasteiger charge is 2.10. The molecule has 0 bridgehead atoms. The highest BCUT2D eigenvalue weighted by molar-refractivity contribution is 7.17. The van der Waals surface area contributed by atoms with Gasteiger partial charge in [0.1, 0.15) is 0 Å². The third kappa shape index (κ3) is 1.97. The monoisotopic (exact) mass is 221 g/mol. The fourth-order valence-electron chi connectivity index (χ4n) is 1.61. The van der Waals surface area contributed by atoms with Gasteiger partial charge in [0.15, 0.2) is 0 Å². The first kappa shape index (κ1) is 10.4. The highest BCUT2D eigenvalue weighted by Crippen LogP contribution is 2.31. The van der Waals surface area contributed by atoms with Gasteiger partial charge in [0, 0.05) is 6.07 Å². The van der Waals surface area contributed by atoms with Gasteiger partial charge in [-0.05, 0) is 29.9 Å². The van der Waals surface area contributed by atoms with Crippen LogP contribution in [0.15, 0.2) is 17.5 Å². The van der Waals surface area contributed by atoms with E-state index < -0.39 is 0 Å². The quantitative estimate of drug-likeness (QED) is 0.786. The number of nitrogens with zero attached hydrogens (tertiary/aromatic N) is 1. The Hall–Kier alpha value is -1.09. The number of rotatable bonds is 3. The predicted molar refractivity (Wildman–Crippen MR) is 64.9 cm³/mol. The average molecular weight is 221 g/mol. The molecular formula is C12H15NOS. The second kappa shape index (κ2) is 4.19. The van der Waals surface area contributed by atoms with E-state index in [1.54, 1.807) is 11.3 Å². The molecule has 0 spiro atoms. The average Bonchev–Trinajstić information content (AvgIpc) is 2.64. The maximum atomic E-state index is 5.47. The molecule has 0 aliphatic carbocycles. The largest absolute Gasteiger partial charge is 0.478 e. The maximum Gasteiger partial charge on any atom is 0.214 e. The first-order valence-electron chi connectivity index (χ1n) is 5.23. The Kier molecular flexibility index (Phi) is 2.91. The molecule has 0 fully saturated rings. The topological polar surface area (TPSA) is 22.1 Å². The van der Waals surface area contributed by atoms with Crippen LogP contribution < -0.4 is 4.74 Å². The van der Waals surface area contributed by atoms with Crippen LogP contribution in [-0.4, -0.2) is 11.6 Å². The Morgan fingerprint density at radius 1 is 1.47 bits per heavy atom. The summed E-state index contributed by atoms with van der Waals surface area (Å²) in [4.78, 5) is 4.46. The van der Waals surface area contributed by atoms with E-state index in [2.05, 4.69) is 36.3 Å². The van der Waals surface area contributed by atoms with Crippen LogP contribution in [-0.2, 0) is 0 Å². The third-order valence-corrected chi connectivity index (χ3v) is 3.28. The normalized spacial score (nSPS) is 11.2. The lowest BCUT2D eigenvalue weighted by Gasteiger charge is -2.09. The third-order valence-electron chi connectivity index (χ3n) is 2.33. The number of thiophene rings is 1. The van der Waals surface area contributed by atoms with Crippen LogP contribution in [0.1, 0.15) is 32.3 Å². The minimum Gasteiger partial charge on any atom is -0.478 e. The molecule has 0 radical (unpaired) electrons. The number of fused-ring (bicyclic) bond motifs is 1. The number of hydrogen-bond acceptors (Lipinski definition) is 3. The second-order valence-corrected chi connectivity index (χ2v) is 4.69. The van der Waals surface area contributed by atoms with Crippen molar-refractivity contribution in [2.75, 3.05) is 6.61 Å². The van der Waals surface area contributed by atoms with Crippen LogP contribution in [0.3, 0.4) is 0 Å². The summed E-state index contributed by atoms with van der Waals surface area (Å²) < 4.78 is 6.75.